The van der Waals surface area contributed by atoms with Crippen molar-refractivity contribution in [2.24, 2.45) is 0 Å². The van der Waals surface area contributed by atoms with E-state index in [1.807, 2.05) is 13.8 Å². The third kappa shape index (κ3) is 5.73. The number of amides is 2. The second-order valence-corrected chi connectivity index (χ2v) is 7.29. The number of rotatable bonds is 7. The zero-order valence-electron chi connectivity index (χ0n) is 16.0. The molecule has 0 radical (unpaired) electrons. The Morgan fingerprint density at radius 2 is 1.74 bits per heavy atom. The fraction of sp³-hybridized carbons (Fsp3) is 0.333. The van der Waals surface area contributed by atoms with Crippen LogP contribution in [0.4, 0.5) is 5.69 Å². The molecule has 0 aliphatic carbocycles. The zero-order chi connectivity index (χ0) is 20.0. The van der Waals surface area contributed by atoms with Crippen LogP contribution < -0.4 is 15.4 Å². The van der Waals surface area contributed by atoms with Gasteiger partial charge in [-0.3, -0.25) is 9.59 Å². The molecule has 0 aromatic heterocycles. The van der Waals surface area contributed by atoms with Crippen LogP contribution in [0.3, 0.4) is 0 Å². The molecule has 0 aliphatic rings. The van der Waals surface area contributed by atoms with Crippen LogP contribution in [-0.4, -0.2) is 23.5 Å². The van der Waals surface area contributed by atoms with E-state index in [1.165, 1.54) is 0 Å². The second kappa shape index (κ2) is 8.91. The lowest BCUT2D eigenvalue weighted by Crippen LogP contribution is -2.43. The molecule has 5 nitrogen and oxygen atoms in total. The maximum atomic E-state index is 12.8. The zero-order valence-corrected chi connectivity index (χ0v) is 16.8. The average Bonchev–Trinajstić information content (AvgIpc) is 2.63. The minimum Gasteiger partial charge on any atom is -0.478 e. The highest BCUT2D eigenvalue weighted by Crippen LogP contribution is 2.23. The van der Waals surface area contributed by atoms with Crippen molar-refractivity contribution in [1.29, 1.82) is 0 Å². The molecule has 1 atom stereocenters. The SMILES string of the molecule is CC[C@H](C)NC(=O)c1ccccc1NC(=O)C(C)(C)Oc1ccc(Cl)cc1. The van der Waals surface area contributed by atoms with Crippen molar-refractivity contribution in [2.75, 3.05) is 5.32 Å². The molecule has 2 aromatic carbocycles. The Bertz CT molecular complexity index is 803. The fourth-order valence-corrected chi connectivity index (χ4v) is 2.44. The molecular weight excluding hydrogens is 364 g/mol. The normalized spacial score (nSPS) is 12.2. The van der Waals surface area contributed by atoms with Crippen molar-refractivity contribution >= 4 is 29.1 Å². The molecule has 0 saturated carbocycles. The Morgan fingerprint density at radius 3 is 2.37 bits per heavy atom. The molecule has 0 aliphatic heterocycles. The molecule has 2 N–H and O–H groups in total. The van der Waals surface area contributed by atoms with E-state index in [0.717, 1.165) is 6.42 Å². The summed E-state index contributed by atoms with van der Waals surface area (Å²) < 4.78 is 5.80. The minimum atomic E-state index is -1.14. The number of para-hydroxylation sites is 1. The lowest BCUT2D eigenvalue weighted by molar-refractivity contribution is -0.128. The third-order valence-electron chi connectivity index (χ3n) is 4.14. The number of nitrogens with one attached hydrogen (secondary N) is 2. The molecule has 27 heavy (non-hydrogen) atoms. The summed E-state index contributed by atoms with van der Waals surface area (Å²) in [5, 5.41) is 6.30. The molecule has 2 aromatic rings. The highest BCUT2D eigenvalue weighted by Gasteiger charge is 2.31. The summed E-state index contributed by atoms with van der Waals surface area (Å²) in [5.74, 6) is -0.0553. The molecule has 0 heterocycles. The number of anilines is 1. The van der Waals surface area contributed by atoms with Crippen LogP contribution in [0.5, 0.6) is 5.75 Å². The van der Waals surface area contributed by atoms with Gasteiger partial charge in [0.05, 0.1) is 11.3 Å². The van der Waals surface area contributed by atoms with E-state index in [-0.39, 0.29) is 17.9 Å². The van der Waals surface area contributed by atoms with Crippen molar-refractivity contribution in [1.82, 2.24) is 5.32 Å². The van der Waals surface area contributed by atoms with Gasteiger partial charge in [0, 0.05) is 11.1 Å². The van der Waals surface area contributed by atoms with Gasteiger partial charge in [0.1, 0.15) is 5.75 Å². The van der Waals surface area contributed by atoms with Gasteiger partial charge in [0.25, 0.3) is 11.8 Å². The van der Waals surface area contributed by atoms with Gasteiger partial charge in [0.15, 0.2) is 5.60 Å². The molecule has 0 bridgehead atoms. The molecule has 0 fully saturated rings. The predicted octanol–water partition coefficient (Wildman–Crippen LogP) is 4.66. The van der Waals surface area contributed by atoms with E-state index in [4.69, 9.17) is 16.3 Å². The van der Waals surface area contributed by atoms with Crippen LogP contribution in [0, 0.1) is 0 Å². The Morgan fingerprint density at radius 1 is 1.11 bits per heavy atom. The van der Waals surface area contributed by atoms with Crippen molar-refractivity contribution in [3.05, 3.63) is 59.1 Å². The Labute approximate surface area is 165 Å². The molecular formula is C21H25ClN2O3. The summed E-state index contributed by atoms with van der Waals surface area (Å²) in [6, 6.07) is 13.7. The Hall–Kier alpha value is -2.53. The van der Waals surface area contributed by atoms with Gasteiger partial charge in [-0.2, -0.15) is 0 Å². The van der Waals surface area contributed by atoms with Crippen molar-refractivity contribution in [3.8, 4) is 5.75 Å². The standard InChI is InChI=1S/C21H25ClN2O3/c1-5-14(2)23-19(25)17-8-6-7-9-18(17)24-20(26)21(3,4)27-16-12-10-15(22)11-13-16/h6-14H,5H2,1-4H3,(H,23,25)(H,24,26)/t14-/m0/s1. The van der Waals surface area contributed by atoms with Gasteiger partial charge in [-0.25, -0.2) is 0 Å². The van der Waals surface area contributed by atoms with Gasteiger partial charge in [-0.1, -0.05) is 30.7 Å². The van der Waals surface area contributed by atoms with Crippen LogP contribution in [0.25, 0.3) is 0 Å². The number of hydrogen-bond donors (Lipinski definition) is 2. The summed E-state index contributed by atoms with van der Waals surface area (Å²) in [5.41, 5.74) is -0.293. The van der Waals surface area contributed by atoms with E-state index < -0.39 is 5.60 Å². The number of ether oxygens (including phenoxy) is 1. The second-order valence-electron chi connectivity index (χ2n) is 6.85. The lowest BCUT2D eigenvalue weighted by Gasteiger charge is -2.26. The molecule has 144 valence electrons. The Balaban J connectivity index is 2.14. The first kappa shape index (κ1) is 20.8. The first-order chi connectivity index (χ1) is 12.7. The number of carbonyl (C=O) groups is 2. The molecule has 2 rings (SSSR count). The number of hydrogen-bond acceptors (Lipinski definition) is 3. The molecule has 0 spiro atoms. The largest absolute Gasteiger partial charge is 0.478 e. The molecule has 6 heteroatoms. The summed E-state index contributed by atoms with van der Waals surface area (Å²) in [6.45, 7) is 7.26. The first-order valence-electron chi connectivity index (χ1n) is 8.89. The van der Waals surface area contributed by atoms with Crippen molar-refractivity contribution in [3.63, 3.8) is 0 Å². The monoisotopic (exact) mass is 388 g/mol. The number of halogens is 1. The maximum absolute atomic E-state index is 12.8. The van der Waals surface area contributed by atoms with Gasteiger partial charge in [-0.05, 0) is 63.6 Å². The van der Waals surface area contributed by atoms with Crippen molar-refractivity contribution < 1.29 is 14.3 Å². The molecule has 0 unspecified atom stereocenters. The van der Waals surface area contributed by atoms with E-state index in [2.05, 4.69) is 10.6 Å². The van der Waals surface area contributed by atoms with E-state index in [0.29, 0.717) is 22.0 Å². The lowest BCUT2D eigenvalue weighted by atomic mass is 10.1. The summed E-state index contributed by atoms with van der Waals surface area (Å²) in [6.07, 6.45) is 0.822. The third-order valence-corrected chi connectivity index (χ3v) is 4.40. The highest BCUT2D eigenvalue weighted by atomic mass is 35.5. The quantitative estimate of drug-likeness (QED) is 0.724. The van der Waals surface area contributed by atoms with Gasteiger partial charge >= 0.3 is 0 Å². The van der Waals surface area contributed by atoms with E-state index in [9.17, 15) is 9.59 Å². The Kier molecular flexibility index (Phi) is 6.86. The van der Waals surface area contributed by atoms with Gasteiger partial charge < -0.3 is 15.4 Å². The molecule has 0 saturated heterocycles. The molecule has 2 amide bonds. The maximum Gasteiger partial charge on any atom is 0.267 e. The van der Waals surface area contributed by atoms with Gasteiger partial charge in [0.2, 0.25) is 0 Å². The van der Waals surface area contributed by atoms with Crippen LogP contribution in [-0.2, 0) is 4.79 Å². The fourth-order valence-electron chi connectivity index (χ4n) is 2.31. The predicted molar refractivity (Wildman–Crippen MR) is 108 cm³/mol. The average molecular weight is 389 g/mol. The topological polar surface area (TPSA) is 67.4 Å². The number of carbonyl (C=O) groups excluding carboxylic acids is 2. The first-order valence-corrected chi connectivity index (χ1v) is 9.26. The summed E-state index contributed by atoms with van der Waals surface area (Å²) >= 11 is 5.87. The summed E-state index contributed by atoms with van der Waals surface area (Å²) in [7, 11) is 0. The summed E-state index contributed by atoms with van der Waals surface area (Å²) in [4.78, 5) is 25.2. The minimum absolute atomic E-state index is 0.0472. The van der Waals surface area contributed by atoms with Crippen LogP contribution >= 0.6 is 11.6 Å². The van der Waals surface area contributed by atoms with E-state index >= 15 is 0 Å². The van der Waals surface area contributed by atoms with Crippen LogP contribution in [0.15, 0.2) is 48.5 Å². The van der Waals surface area contributed by atoms with Crippen LogP contribution in [0.2, 0.25) is 5.02 Å². The van der Waals surface area contributed by atoms with E-state index in [1.54, 1.807) is 62.4 Å². The van der Waals surface area contributed by atoms with Gasteiger partial charge in [-0.15, -0.1) is 0 Å². The van der Waals surface area contributed by atoms with Crippen LogP contribution in [0.1, 0.15) is 44.5 Å². The highest BCUT2D eigenvalue weighted by molar-refractivity contribution is 6.30. The number of benzene rings is 2. The van der Waals surface area contributed by atoms with Crippen molar-refractivity contribution in [2.45, 2.75) is 45.8 Å². The smallest absolute Gasteiger partial charge is 0.267 e.